The Morgan fingerprint density at radius 3 is 2.23 bits per heavy atom. The van der Waals surface area contributed by atoms with Gasteiger partial charge >= 0.3 is 0 Å². The molecule has 8 nitrogen and oxygen atoms in total. The van der Waals surface area contributed by atoms with Gasteiger partial charge in [-0.1, -0.05) is 66.7 Å². The van der Waals surface area contributed by atoms with Crippen LogP contribution in [-0.2, 0) is 9.59 Å². The van der Waals surface area contributed by atoms with Crippen molar-refractivity contribution in [2.45, 2.75) is 24.0 Å². The molecule has 0 saturated heterocycles. The number of nitrogens with one attached hydrogen (secondary N) is 3. The minimum atomic E-state index is -0.584. The van der Waals surface area contributed by atoms with Crippen molar-refractivity contribution in [1.29, 1.82) is 0 Å². The van der Waals surface area contributed by atoms with Crippen molar-refractivity contribution in [3.8, 4) is 11.5 Å². The number of phenolic OH excluding ortho intramolecular Hbond substituents is 1. The molecule has 0 fully saturated rings. The number of benzene rings is 5. The van der Waals surface area contributed by atoms with Crippen LogP contribution in [-0.4, -0.2) is 29.9 Å². The van der Waals surface area contributed by atoms with Gasteiger partial charge in [0.25, 0.3) is 11.8 Å². The first-order valence-electron chi connectivity index (χ1n) is 15.2. The molecule has 0 bridgehead atoms. The predicted octanol–water partition coefficient (Wildman–Crippen LogP) is 7.90. The summed E-state index contributed by atoms with van der Waals surface area (Å²) in [5, 5.41) is 18.0. The lowest BCUT2D eigenvalue weighted by molar-refractivity contribution is -0.116. The van der Waals surface area contributed by atoms with E-state index in [1.165, 1.54) is 37.1 Å². The normalized spacial score (nSPS) is 11.7. The number of aryl methyl sites for hydroxylation is 1. The Bertz CT molecular complexity index is 1960. The van der Waals surface area contributed by atoms with Gasteiger partial charge in [0.2, 0.25) is 5.91 Å². The van der Waals surface area contributed by atoms with Gasteiger partial charge in [-0.25, -0.2) is 0 Å². The van der Waals surface area contributed by atoms with E-state index in [4.69, 9.17) is 4.74 Å². The highest BCUT2D eigenvalue weighted by molar-refractivity contribution is 8.00. The molecule has 1 atom stereocenters. The summed E-state index contributed by atoms with van der Waals surface area (Å²) in [4.78, 5) is 41.3. The van der Waals surface area contributed by atoms with E-state index in [0.717, 1.165) is 27.3 Å². The zero-order chi connectivity index (χ0) is 34.0. The molecule has 4 N–H and O–H groups in total. The van der Waals surface area contributed by atoms with Crippen LogP contribution >= 0.6 is 11.8 Å². The van der Waals surface area contributed by atoms with E-state index in [0.29, 0.717) is 22.6 Å². The van der Waals surface area contributed by atoms with Gasteiger partial charge in [0, 0.05) is 33.5 Å². The second-order valence-corrected chi connectivity index (χ2v) is 12.1. The SMILES string of the molecule is COc1cc(O)ccc1/C=C(/NC(=O)c1ccccc1)C(=O)Nc1cccc(SC(C(=O)Nc2cccc(C)c2C)c2ccccc2)c1. The summed E-state index contributed by atoms with van der Waals surface area (Å²) in [6.07, 6.45) is 1.48. The summed E-state index contributed by atoms with van der Waals surface area (Å²) in [5.74, 6) is -0.914. The zero-order valence-electron chi connectivity index (χ0n) is 26.7. The molecule has 1 unspecified atom stereocenters. The van der Waals surface area contributed by atoms with Crippen molar-refractivity contribution in [2.24, 2.45) is 0 Å². The molecule has 5 aromatic rings. The summed E-state index contributed by atoms with van der Waals surface area (Å²) >= 11 is 1.36. The van der Waals surface area contributed by atoms with E-state index in [2.05, 4.69) is 16.0 Å². The number of anilines is 2. The molecule has 5 aromatic carbocycles. The summed E-state index contributed by atoms with van der Waals surface area (Å²) in [6, 6.07) is 35.5. The van der Waals surface area contributed by atoms with Crippen LogP contribution in [0.1, 0.15) is 37.9 Å². The standard InChI is InChI=1S/C39H35N3O5S/c1-25-12-10-19-33(26(25)2)41-39(46)36(27-13-6-4-7-14-27)48-32-18-11-17-30(23-32)40-38(45)34(42-37(44)28-15-8-5-9-16-28)22-29-20-21-31(43)24-35(29)47-3/h4-24,36,43H,1-3H3,(H,40,45)(H,41,46)(H,42,44)/b34-22+. The minimum Gasteiger partial charge on any atom is -0.508 e. The zero-order valence-corrected chi connectivity index (χ0v) is 27.5. The number of carbonyl (C=O) groups is 3. The summed E-state index contributed by atoms with van der Waals surface area (Å²) in [7, 11) is 1.45. The van der Waals surface area contributed by atoms with Crippen LogP contribution in [0.15, 0.2) is 132 Å². The van der Waals surface area contributed by atoms with E-state index >= 15 is 0 Å². The van der Waals surface area contributed by atoms with Crippen molar-refractivity contribution < 1.29 is 24.2 Å². The highest BCUT2D eigenvalue weighted by Crippen LogP contribution is 2.37. The number of hydrogen-bond acceptors (Lipinski definition) is 6. The van der Waals surface area contributed by atoms with Gasteiger partial charge in [0.15, 0.2) is 0 Å². The van der Waals surface area contributed by atoms with Crippen molar-refractivity contribution in [2.75, 3.05) is 17.7 Å². The van der Waals surface area contributed by atoms with Crippen LogP contribution in [0.2, 0.25) is 0 Å². The first-order chi connectivity index (χ1) is 23.2. The van der Waals surface area contributed by atoms with E-state index in [1.807, 2.05) is 68.4 Å². The number of rotatable bonds is 11. The van der Waals surface area contributed by atoms with Crippen molar-refractivity contribution in [3.63, 3.8) is 0 Å². The molecule has 0 aliphatic heterocycles. The average Bonchev–Trinajstić information content (AvgIpc) is 3.10. The summed E-state index contributed by atoms with van der Waals surface area (Å²) in [5.41, 5.74) is 4.93. The second-order valence-electron chi connectivity index (χ2n) is 10.9. The van der Waals surface area contributed by atoms with Gasteiger partial charge in [-0.2, -0.15) is 0 Å². The third-order valence-electron chi connectivity index (χ3n) is 7.59. The highest BCUT2D eigenvalue weighted by Gasteiger charge is 2.23. The van der Waals surface area contributed by atoms with E-state index in [-0.39, 0.29) is 17.4 Å². The number of carbonyl (C=O) groups excluding carboxylic acids is 3. The topological polar surface area (TPSA) is 117 Å². The molecule has 0 aromatic heterocycles. The fourth-order valence-corrected chi connectivity index (χ4v) is 5.97. The Balaban J connectivity index is 1.41. The lowest BCUT2D eigenvalue weighted by Gasteiger charge is -2.19. The number of ether oxygens (including phenoxy) is 1. The number of hydrogen-bond donors (Lipinski definition) is 4. The third kappa shape index (κ3) is 8.51. The first kappa shape index (κ1) is 33.6. The summed E-state index contributed by atoms with van der Waals surface area (Å²) in [6.45, 7) is 3.98. The van der Waals surface area contributed by atoms with Gasteiger partial charge in [-0.05, 0) is 85.1 Å². The second kappa shape index (κ2) is 15.7. The Morgan fingerprint density at radius 2 is 1.50 bits per heavy atom. The van der Waals surface area contributed by atoms with Crippen LogP contribution < -0.4 is 20.7 Å². The maximum absolute atomic E-state index is 13.7. The maximum Gasteiger partial charge on any atom is 0.272 e. The molecular formula is C39H35N3O5S. The fraction of sp³-hybridized carbons (Fsp3) is 0.103. The summed E-state index contributed by atoms with van der Waals surface area (Å²) < 4.78 is 5.39. The molecule has 9 heteroatoms. The number of methoxy groups -OCH3 is 1. The molecular weight excluding hydrogens is 623 g/mol. The van der Waals surface area contributed by atoms with Crippen molar-refractivity contribution in [1.82, 2.24) is 5.32 Å². The molecule has 0 aliphatic carbocycles. The highest BCUT2D eigenvalue weighted by atomic mass is 32.2. The van der Waals surface area contributed by atoms with Crippen molar-refractivity contribution >= 4 is 46.9 Å². The molecule has 0 radical (unpaired) electrons. The Labute approximate surface area is 283 Å². The molecule has 242 valence electrons. The number of aromatic hydroxyl groups is 1. The maximum atomic E-state index is 13.7. The van der Waals surface area contributed by atoms with Gasteiger partial charge in [-0.15, -0.1) is 11.8 Å². The molecule has 5 rings (SSSR count). The number of thioether (sulfide) groups is 1. The predicted molar refractivity (Wildman–Crippen MR) is 191 cm³/mol. The van der Waals surface area contributed by atoms with Gasteiger partial charge in [-0.3, -0.25) is 14.4 Å². The Hall–Kier alpha value is -5.80. The Morgan fingerprint density at radius 1 is 0.792 bits per heavy atom. The molecule has 0 spiro atoms. The van der Waals surface area contributed by atoms with Crippen LogP contribution in [0.25, 0.3) is 6.08 Å². The van der Waals surface area contributed by atoms with E-state index < -0.39 is 17.1 Å². The molecule has 3 amide bonds. The van der Waals surface area contributed by atoms with Crippen LogP contribution in [0.5, 0.6) is 11.5 Å². The fourth-order valence-electron chi connectivity index (χ4n) is 4.88. The first-order valence-corrected chi connectivity index (χ1v) is 16.0. The smallest absolute Gasteiger partial charge is 0.272 e. The molecule has 0 heterocycles. The van der Waals surface area contributed by atoms with E-state index in [1.54, 1.807) is 54.6 Å². The molecule has 48 heavy (non-hydrogen) atoms. The molecule has 0 saturated carbocycles. The molecule has 0 aliphatic rings. The average molecular weight is 658 g/mol. The van der Waals surface area contributed by atoms with Crippen LogP contribution in [0.3, 0.4) is 0 Å². The number of amides is 3. The lowest BCUT2D eigenvalue weighted by atomic mass is 10.1. The Kier molecular flexibility index (Phi) is 11.0. The minimum absolute atomic E-state index is 0.00542. The van der Waals surface area contributed by atoms with Crippen molar-refractivity contribution in [3.05, 3.63) is 155 Å². The van der Waals surface area contributed by atoms with Gasteiger partial charge in [0.1, 0.15) is 22.4 Å². The van der Waals surface area contributed by atoms with E-state index in [9.17, 15) is 19.5 Å². The number of phenols is 1. The quantitative estimate of drug-likeness (QED) is 0.0848. The van der Waals surface area contributed by atoms with Gasteiger partial charge in [0.05, 0.1) is 7.11 Å². The monoisotopic (exact) mass is 657 g/mol. The van der Waals surface area contributed by atoms with Gasteiger partial charge < -0.3 is 25.8 Å². The largest absolute Gasteiger partial charge is 0.508 e. The van der Waals surface area contributed by atoms with Crippen LogP contribution in [0, 0.1) is 13.8 Å². The van der Waals surface area contributed by atoms with Crippen LogP contribution in [0.4, 0.5) is 11.4 Å². The third-order valence-corrected chi connectivity index (χ3v) is 8.84. The lowest BCUT2D eigenvalue weighted by Crippen LogP contribution is -2.30.